The zero-order chi connectivity index (χ0) is 18.5. The smallest absolute Gasteiger partial charge is 0.248 e. The summed E-state index contributed by atoms with van der Waals surface area (Å²) in [6.45, 7) is 2.47. The Morgan fingerprint density at radius 1 is 1.04 bits per heavy atom. The Morgan fingerprint density at radius 2 is 1.81 bits per heavy atom. The Bertz CT molecular complexity index is 924. The number of amides is 1. The zero-order valence-electron chi connectivity index (χ0n) is 14.3. The van der Waals surface area contributed by atoms with Crippen LogP contribution in [-0.4, -0.2) is 5.91 Å². The fourth-order valence-corrected chi connectivity index (χ4v) is 2.60. The molecule has 4 nitrogen and oxygen atoms in total. The molecular weight excluding hydrogens is 331 g/mol. The Kier molecular flexibility index (Phi) is 5.17. The lowest BCUT2D eigenvalue weighted by Gasteiger charge is -2.10. The van der Waals surface area contributed by atoms with Crippen molar-refractivity contribution in [2.24, 2.45) is 5.73 Å². The SMILES string of the molecule is Cc1cc(NCc2ccc(Oc3cccc(F)c3)cc2)ccc1C(N)=O. The Morgan fingerprint density at radius 3 is 2.46 bits per heavy atom. The summed E-state index contributed by atoms with van der Waals surface area (Å²) in [5, 5.41) is 3.30. The number of aryl methyl sites for hydroxylation is 1. The number of nitrogens with two attached hydrogens (primary N) is 1. The first-order valence-electron chi connectivity index (χ1n) is 8.18. The molecule has 5 heteroatoms. The van der Waals surface area contributed by atoms with E-state index in [-0.39, 0.29) is 5.82 Å². The topological polar surface area (TPSA) is 64.3 Å². The number of halogens is 1. The van der Waals surface area contributed by atoms with Gasteiger partial charge in [0.2, 0.25) is 5.91 Å². The summed E-state index contributed by atoms with van der Waals surface area (Å²) in [6.07, 6.45) is 0. The average Bonchev–Trinajstić information content (AvgIpc) is 2.61. The molecule has 1 amide bonds. The fraction of sp³-hybridized carbons (Fsp3) is 0.0952. The number of hydrogen-bond donors (Lipinski definition) is 2. The predicted octanol–water partition coefficient (Wildman–Crippen LogP) is 4.64. The lowest BCUT2D eigenvalue weighted by molar-refractivity contribution is 0.0999. The molecule has 26 heavy (non-hydrogen) atoms. The van der Waals surface area contributed by atoms with Gasteiger partial charge in [0.25, 0.3) is 0 Å². The van der Waals surface area contributed by atoms with Crippen LogP contribution in [0.5, 0.6) is 11.5 Å². The molecule has 3 aromatic rings. The van der Waals surface area contributed by atoms with Gasteiger partial charge in [0, 0.05) is 23.9 Å². The first-order valence-corrected chi connectivity index (χ1v) is 8.18. The highest BCUT2D eigenvalue weighted by molar-refractivity contribution is 5.94. The molecule has 0 spiro atoms. The summed E-state index contributed by atoms with van der Waals surface area (Å²) in [6, 6.07) is 19.0. The van der Waals surface area contributed by atoms with E-state index in [1.54, 1.807) is 18.2 Å². The van der Waals surface area contributed by atoms with Crippen LogP contribution in [0.15, 0.2) is 66.7 Å². The number of hydrogen-bond acceptors (Lipinski definition) is 3. The van der Waals surface area contributed by atoms with Crippen LogP contribution in [0.2, 0.25) is 0 Å². The Hall–Kier alpha value is -3.34. The van der Waals surface area contributed by atoms with E-state index in [0.29, 0.717) is 23.6 Å². The molecule has 0 unspecified atom stereocenters. The summed E-state index contributed by atoms with van der Waals surface area (Å²) in [5.74, 6) is 0.339. The molecule has 0 atom stereocenters. The molecule has 0 aliphatic carbocycles. The van der Waals surface area contributed by atoms with E-state index in [2.05, 4.69) is 5.32 Å². The highest BCUT2D eigenvalue weighted by Crippen LogP contribution is 2.23. The zero-order valence-corrected chi connectivity index (χ0v) is 14.3. The number of carbonyl (C=O) groups is 1. The molecular formula is C21H19FN2O2. The van der Waals surface area contributed by atoms with Crippen molar-refractivity contribution >= 4 is 11.6 Å². The van der Waals surface area contributed by atoms with Gasteiger partial charge in [-0.15, -0.1) is 0 Å². The maximum absolute atomic E-state index is 13.2. The van der Waals surface area contributed by atoms with Crippen LogP contribution in [0.3, 0.4) is 0 Å². The van der Waals surface area contributed by atoms with Crippen molar-refractivity contribution in [3.63, 3.8) is 0 Å². The monoisotopic (exact) mass is 350 g/mol. The number of ether oxygens (including phenoxy) is 1. The average molecular weight is 350 g/mol. The van der Waals surface area contributed by atoms with Crippen molar-refractivity contribution in [2.75, 3.05) is 5.32 Å². The van der Waals surface area contributed by atoms with Gasteiger partial charge in [-0.3, -0.25) is 4.79 Å². The van der Waals surface area contributed by atoms with E-state index in [1.165, 1.54) is 12.1 Å². The number of rotatable bonds is 6. The number of primary amides is 1. The molecule has 0 saturated carbocycles. The van der Waals surface area contributed by atoms with Crippen molar-refractivity contribution < 1.29 is 13.9 Å². The first-order chi connectivity index (χ1) is 12.5. The molecule has 0 aliphatic heterocycles. The molecule has 0 aliphatic rings. The molecule has 0 bridgehead atoms. The molecule has 3 aromatic carbocycles. The Balaban J connectivity index is 1.61. The standard InChI is InChI=1S/C21H19FN2O2/c1-14-11-17(7-10-20(14)21(23)25)24-13-15-5-8-18(9-6-15)26-19-4-2-3-16(22)12-19/h2-12,24H,13H2,1H3,(H2,23,25). The molecule has 0 fully saturated rings. The summed E-state index contributed by atoms with van der Waals surface area (Å²) < 4.78 is 18.8. The minimum Gasteiger partial charge on any atom is -0.457 e. The van der Waals surface area contributed by atoms with Gasteiger partial charge < -0.3 is 15.8 Å². The molecule has 0 radical (unpaired) electrons. The van der Waals surface area contributed by atoms with E-state index < -0.39 is 5.91 Å². The third-order valence-electron chi connectivity index (χ3n) is 3.94. The van der Waals surface area contributed by atoms with Crippen LogP contribution in [0.25, 0.3) is 0 Å². The van der Waals surface area contributed by atoms with Gasteiger partial charge in [-0.25, -0.2) is 4.39 Å². The highest BCUT2D eigenvalue weighted by Gasteiger charge is 2.05. The lowest BCUT2D eigenvalue weighted by atomic mass is 10.1. The fourth-order valence-electron chi connectivity index (χ4n) is 2.60. The summed E-state index contributed by atoms with van der Waals surface area (Å²) in [5.41, 5.74) is 8.65. The van der Waals surface area contributed by atoms with Gasteiger partial charge in [0.15, 0.2) is 0 Å². The number of carbonyl (C=O) groups excluding carboxylic acids is 1. The number of nitrogens with one attached hydrogen (secondary N) is 1. The normalized spacial score (nSPS) is 10.4. The number of benzene rings is 3. The van der Waals surface area contributed by atoms with Crippen LogP contribution in [-0.2, 0) is 6.54 Å². The second-order valence-corrected chi connectivity index (χ2v) is 5.95. The second-order valence-electron chi connectivity index (χ2n) is 5.95. The third kappa shape index (κ3) is 4.39. The van der Waals surface area contributed by atoms with Crippen LogP contribution < -0.4 is 15.8 Å². The van der Waals surface area contributed by atoms with E-state index >= 15 is 0 Å². The molecule has 0 saturated heterocycles. The van der Waals surface area contributed by atoms with Crippen LogP contribution in [0.1, 0.15) is 21.5 Å². The van der Waals surface area contributed by atoms with Crippen LogP contribution in [0, 0.1) is 12.7 Å². The van der Waals surface area contributed by atoms with Gasteiger partial charge in [0.05, 0.1) is 0 Å². The van der Waals surface area contributed by atoms with Crippen molar-refractivity contribution in [2.45, 2.75) is 13.5 Å². The van der Waals surface area contributed by atoms with Crippen LogP contribution in [0.4, 0.5) is 10.1 Å². The highest BCUT2D eigenvalue weighted by atomic mass is 19.1. The quantitative estimate of drug-likeness (QED) is 0.681. The molecule has 0 aromatic heterocycles. The van der Waals surface area contributed by atoms with Crippen molar-refractivity contribution in [3.05, 3.63) is 89.2 Å². The second kappa shape index (κ2) is 7.70. The largest absolute Gasteiger partial charge is 0.457 e. The van der Waals surface area contributed by atoms with Crippen molar-refractivity contribution in [1.82, 2.24) is 0 Å². The minimum atomic E-state index is -0.428. The summed E-state index contributed by atoms with van der Waals surface area (Å²) in [7, 11) is 0. The third-order valence-corrected chi connectivity index (χ3v) is 3.94. The summed E-state index contributed by atoms with van der Waals surface area (Å²) in [4.78, 5) is 11.3. The molecule has 132 valence electrons. The van der Waals surface area contributed by atoms with Gasteiger partial charge >= 0.3 is 0 Å². The van der Waals surface area contributed by atoms with E-state index in [4.69, 9.17) is 10.5 Å². The van der Waals surface area contributed by atoms with Crippen LogP contribution >= 0.6 is 0 Å². The predicted molar refractivity (Wildman–Crippen MR) is 99.9 cm³/mol. The van der Waals surface area contributed by atoms with E-state index in [1.807, 2.05) is 43.3 Å². The summed E-state index contributed by atoms with van der Waals surface area (Å²) >= 11 is 0. The maximum atomic E-state index is 13.2. The lowest BCUT2D eigenvalue weighted by Crippen LogP contribution is -2.12. The minimum absolute atomic E-state index is 0.332. The molecule has 3 rings (SSSR count). The Labute approximate surface area is 151 Å². The number of anilines is 1. The van der Waals surface area contributed by atoms with Gasteiger partial charge in [-0.2, -0.15) is 0 Å². The molecule has 3 N–H and O–H groups in total. The van der Waals surface area contributed by atoms with E-state index in [9.17, 15) is 9.18 Å². The van der Waals surface area contributed by atoms with Gasteiger partial charge in [-0.1, -0.05) is 18.2 Å². The molecule has 0 heterocycles. The van der Waals surface area contributed by atoms with Gasteiger partial charge in [0.1, 0.15) is 17.3 Å². The first kappa shape index (κ1) is 17.5. The van der Waals surface area contributed by atoms with Crippen molar-refractivity contribution in [1.29, 1.82) is 0 Å². The van der Waals surface area contributed by atoms with Crippen molar-refractivity contribution in [3.8, 4) is 11.5 Å². The maximum Gasteiger partial charge on any atom is 0.248 e. The van der Waals surface area contributed by atoms with E-state index in [0.717, 1.165) is 16.8 Å². The van der Waals surface area contributed by atoms with Gasteiger partial charge in [-0.05, 0) is 60.5 Å².